The third-order valence-corrected chi connectivity index (χ3v) is 4.17. The van der Waals surface area contributed by atoms with Crippen LogP contribution in [0.1, 0.15) is 54.4 Å². The van der Waals surface area contributed by atoms with E-state index in [1.165, 1.54) is 18.6 Å². The van der Waals surface area contributed by atoms with E-state index in [-0.39, 0.29) is 0 Å². The molecule has 0 aromatic carbocycles. The van der Waals surface area contributed by atoms with Gasteiger partial charge in [0.2, 0.25) is 0 Å². The van der Waals surface area contributed by atoms with Crippen LogP contribution in [-0.2, 0) is 0 Å². The largest absolute Gasteiger partial charge is 0.313 e. The number of thioether (sulfide) groups is 1. The van der Waals surface area contributed by atoms with Crippen LogP contribution in [0.15, 0.2) is 0 Å². The molecule has 1 N–H and O–H groups in total. The maximum Gasteiger partial charge on any atom is 0.0186 e. The molecular weight excluding hydrogens is 202 g/mol. The first-order valence-electron chi connectivity index (χ1n) is 6.31. The van der Waals surface area contributed by atoms with E-state index in [0.29, 0.717) is 10.8 Å². The fourth-order valence-corrected chi connectivity index (χ4v) is 2.89. The van der Waals surface area contributed by atoms with E-state index in [2.05, 4.69) is 58.6 Å². The second kappa shape index (κ2) is 7.56. The van der Waals surface area contributed by atoms with Crippen LogP contribution in [0.5, 0.6) is 0 Å². The molecule has 0 amide bonds. The quantitative estimate of drug-likeness (QED) is 0.712. The van der Waals surface area contributed by atoms with Gasteiger partial charge in [-0.1, -0.05) is 54.4 Å². The van der Waals surface area contributed by atoms with Gasteiger partial charge in [-0.25, -0.2) is 0 Å². The predicted octanol–water partition coefficient (Wildman–Crippen LogP) is 3.93. The average Bonchev–Trinajstić information content (AvgIpc) is 2.14. The standard InChI is InChI=1S/C13H29NS/c1-7-11(8-2)12(14-9-3)10-15-13(4,5)6/h11-12,14H,7-10H2,1-6H3. The van der Waals surface area contributed by atoms with Gasteiger partial charge in [-0.15, -0.1) is 0 Å². The molecule has 0 aliphatic carbocycles. The Balaban J connectivity index is 4.13. The Morgan fingerprint density at radius 3 is 1.93 bits per heavy atom. The van der Waals surface area contributed by atoms with Crippen LogP contribution in [-0.4, -0.2) is 23.1 Å². The van der Waals surface area contributed by atoms with E-state index in [0.717, 1.165) is 12.5 Å². The predicted molar refractivity (Wildman–Crippen MR) is 73.7 cm³/mol. The van der Waals surface area contributed by atoms with Gasteiger partial charge in [0.05, 0.1) is 0 Å². The van der Waals surface area contributed by atoms with Crippen LogP contribution in [0, 0.1) is 5.92 Å². The lowest BCUT2D eigenvalue weighted by Gasteiger charge is -2.29. The van der Waals surface area contributed by atoms with Gasteiger partial charge >= 0.3 is 0 Å². The van der Waals surface area contributed by atoms with E-state index >= 15 is 0 Å². The zero-order valence-corrected chi connectivity index (χ0v) is 12.2. The first kappa shape index (κ1) is 15.3. The van der Waals surface area contributed by atoms with Crippen molar-refractivity contribution in [3.05, 3.63) is 0 Å². The fourth-order valence-electron chi connectivity index (χ4n) is 1.82. The van der Waals surface area contributed by atoms with Crippen LogP contribution < -0.4 is 5.32 Å². The summed E-state index contributed by atoms with van der Waals surface area (Å²) in [6, 6.07) is 0.689. The maximum atomic E-state index is 3.64. The Labute approximate surface area is 101 Å². The van der Waals surface area contributed by atoms with Crippen molar-refractivity contribution in [1.82, 2.24) is 5.32 Å². The lowest BCUT2D eigenvalue weighted by Crippen LogP contribution is -2.38. The summed E-state index contributed by atoms with van der Waals surface area (Å²) in [7, 11) is 0. The summed E-state index contributed by atoms with van der Waals surface area (Å²) in [5.74, 6) is 2.07. The molecule has 2 heteroatoms. The highest BCUT2D eigenvalue weighted by Gasteiger charge is 2.20. The highest BCUT2D eigenvalue weighted by molar-refractivity contribution is 8.00. The van der Waals surface area contributed by atoms with E-state index in [1.54, 1.807) is 0 Å². The molecule has 0 aromatic heterocycles. The lowest BCUT2D eigenvalue weighted by atomic mass is 9.95. The van der Waals surface area contributed by atoms with Gasteiger partial charge in [0.15, 0.2) is 0 Å². The highest BCUT2D eigenvalue weighted by atomic mass is 32.2. The molecule has 0 bridgehead atoms. The fraction of sp³-hybridized carbons (Fsp3) is 1.00. The van der Waals surface area contributed by atoms with Crippen molar-refractivity contribution in [3.63, 3.8) is 0 Å². The zero-order chi connectivity index (χ0) is 11.9. The summed E-state index contributed by atoms with van der Waals surface area (Å²) in [6.07, 6.45) is 2.58. The van der Waals surface area contributed by atoms with Gasteiger partial charge in [0, 0.05) is 16.5 Å². The Hall–Kier alpha value is 0.310. The van der Waals surface area contributed by atoms with E-state index in [4.69, 9.17) is 0 Å². The lowest BCUT2D eigenvalue weighted by molar-refractivity contribution is 0.364. The van der Waals surface area contributed by atoms with E-state index in [9.17, 15) is 0 Å². The minimum absolute atomic E-state index is 0.389. The van der Waals surface area contributed by atoms with Crippen molar-refractivity contribution in [1.29, 1.82) is 0 Å². The minimum Gasteiger partial charge on any atom is -0.313 e. The molecule has 1 atom stereocenters. The molecule has 0 heterocycles. The average molecular weight is 231 g/mol. The van der Waals surface area contributed by atoms with Crippen molar-refractivity contribution in [2.75, 3.05) is 12.3 Å². The molecule has 1 unspecified atom stereocenters. The molecular formula is C13H29NS. The van der Waals surface area contributed by atoms with Gasteiger partial charge in [0.25, 0.3) is 0 Å². The summed E-state index contributed by atoms with van der Waals surface area (Å²) in [5, 5.41) is 3.64. The molecule has 0 rings (SSSR count). The molecule has 15 heavy (non-hydrogen) atoms. The molecule has 0 fully saturated rings. The first-order chi connectivity index (χ1) is 6.94. The second-order valence-corrected chi connectivity index (χ2v) is 7.01. The Bertz CT molecular complexity index is 147. The summed E-state index contributed by atoms with van der Waals surface area (Å²) < 4.78 is 0.389. The zero-order valence-electron chi connectivity index (χ0n) is 11.4. The molecule has 92 valence electrons. The van der Waals surface area contributed by atoms with Gasteiger partial charge < -0.3 is 5.32 Å². The third kappa shape index (κ3) is 7.24. The number of nitrogens with one attached hydrogen (secondary N) is 1. The SMILES string of the molecule is CCNC(CSC(C)(C)C)C(CC)CC. The van der Waals surface area contributed by atoms with Crippen LogP contribution in [0.2, 0.25) is 0 Å². The van der Waals surface area contributed by atoms with Crippen LogP contribution in [0.25, 0.3) is 0 Å². The molecule has 0 aliphatic heterocycles. The van der Waals surface area contributed by atoms with E-state index in [1.807, 2.05) is 0 Å². The summed E-state index contributed by atoms with van der Waals surface area (Å²) in [4.78, 5) is 0. The molecule has 0 aromatic rings. The second-order valence-electron chi connectivity index (χ2n) is 5.16. The molecule has 0 saturated carbocycles. The topological polar surface area (TPSA) is 12.0 Å². The first-order valence-corrected chi connectivity index (χ1v) is 7.30. The van der Waals surface area contributed by atoms with Crippen molar-refractivity contribution in [2.45, 2.75) is 65.2 Å². The van der Waals surface area contributed by atoms with Gasteiger partial charge in [-0.05, 0) is 12.5 Å². The van der Waals surface area contributed by atoms with Gasteiger partial charge in [-0.2, -0.15) is 11.8 Å². The monoisotopic (exact) mass is 231 g/mol. The Morgan fingerprint density at radius 2 is 1.60 bits per heavy atom. The van der Waals surface area contributed by atoms with Crippen molar-refractivity contribution in [2.24, 2.45) is 5.92 Å². The van der Waals surface area contributed by atoms with Crippen LogP contribution in [0.3, 0.4) is 0 Å². The number of hydrogen-bond acceptors (Lipinski definition) is 2. The van der Waals surface area contributed by atoms with Crippen molar-refractivity contribution in [3.8, 4) is 0 Å². The van der Waals surface area contributed by atoms with Crippen molar-refractivity contribution < 1.29 is 0 Å². The smallest absolute Gasteiger partial charge is 0.0186 e. The molecule has 0 spiro atoms. The highest BCUT2D eigenvalue weighted by Crippen LogP contribution is 2.26. The third-order valence-electron chi connectivity index (χ3n) is 2.78. The van der Waals surface area contributed by atoms with Crippen LogP contribution in [0.4, 0.5) is 0 Å². The van der Waals surface area contributed by atoms with Crippen LogP contribution >= 0.6 is 11.8 Å². The Kier molecular flexibility index (Phi) is 7.72. The normalized spacial score (nSPS) is 14.6. The van der Waals surface area contributed by atoms with Gasteiger partial charge in [-0.3, -0.25) is 0 Å². The number of hydrogen-bond donors (Lipinski definition) is 1. The summed E-state index contributed by atoms with van der Waals surface area (Å²) in [5.41, 5.74) is 0. The molecule has 1 nitrogen and oxygen atoms in total. The maximum absolute atomic E-state index is 3.64. The number of rotatable bonds is 7. The molecule has 0 saturated heterocycles. The van der Waals surface area contributed by atoms with Crippen molar-refractivity contribution >= 4 is 11.8 Å². The molecule has 0 aliphatic rings. The van der Waals surface area contributed by atoms with E-state index < -0.39 is 0 Å². The summed E-state index contributed by atoms with van der Waals surface area (Å²) in [6.45, 7) is 14.8. The Morgan fingerprint density at radius 1 is 1.07 bits per heavy atom. The minimum atomic E-state index is 0.389. The summed E-state index contributed by atoms with van der Waals surface area (Å²) >= 11 is 2.08. The van der Waals surface area contributed by atoms with Gasteiger partial charge in [0.1, 0.15) is 0 Å². The molecule has 0 radical (unpaired) electrons.